The van der Waals surface area contributed by atoms with E-state index >= 15 is 0 Å². The van der Waals surface area contributed by atoms with Crippen LogP contribution in [0.15, 0.2) is 53.6 Å². The summed E-state index contributed by atoms with van der Waals surface area (Å²) in [5.74, 6) is -2.28. The molecule has 3 rings (SSSR count). The second-order valence-corrected chi connectivity index (χ2v) is 5.94. The Bertz CT molecular complexity index is 943. The van der Waals surface area contributed by atoms with Crippen molar-refractivity contribution in [3.05, 3.63) is 59.9 Å². The van der Waals surface area contributed by atoms with Crippen LogP contribution < -0.4 is 9.75 Å². The van der Waals surface area contributed by atoms with E-state index in [2.05, 4.69) is 5.10 Å². The Kier molecular flexibility index (Phi) is 5.78. The highest BCUT2D eigenvalue weighted by Crippen LogP contribution is 2.20. The van der Waals surface area contributed by atoms with Gasteiger partial charge in [0.2, 0.25) is 5.91 Å². The Morgan fingerprint density at radius 2 is 1.89 bits per heavy atom. The van der Waals surface area contributed by atoms with E-state index in [1.54, 1.807) is 30.3 Å². The number of hydrogen-bond acceptors (Lipinski definition) is 6. The van der Waals surface area contributed by atoms with Crippen LogP contribution in [0.4, 0.5) is 10.1 Å². The van der Waals surface area contributed by atoms with Crippen LogP contribution in [0, 0.1) is 5.82 Å². The standard InChI is InChI=1S/C20H17FN2O5/c1-27-18-9-7-13(11-15(18)21)17(24)12-28-20(26)16-8-10-19(25)23(22-16)14-5-3-2-4-6-14/h2-7,9,11H,8,10,12H2,1H3. The monoisotopic (exact) mass is 384 g/mol. The highest BCUT2D eigenvalue weighted by Gasteiger charge is 2.27. The molecule has 1 amide bonds. The summed E-state index contributed by atoms with van der Waals surface area (Å²) in [6, 6.07) is 12.4. The summed E-state index contributed by atoms with van der Waals surface area (Å²) >= 11 is 0. The van der Waals surface area contributed by atoms with Crippen LogP contribution in [-0.4, -0.2) is 37.1 Å². The Morgan fingerprint density at radius 1 is 1.14 bits per heavy atom. The second-order valence-electron chi connectivity index (χ2n) is 5.94. The summed E-state index contributed by atoms with van der Waals surface area (Å²) in [4.78, 5) is 36.4. The Morgan fingerprint density at radius 3 is 2.57 bits per heavy atom. The molecular formula is C20H17FN2O5. The number of ether oxygens (including phenoxy) is 2. The summed E-state index contributed by atoms with van der Waals surface area (Å²) in [5, 5.41) is 5.20. The van der Waals surface area contributed by atoms with E-state index in [1.165, 1.54) is 19.2 Å². The van der Waals surface area contributed by atoms with Gasteiger partial charge in [-0.05, 0) is 30.3 Å². The molecule has 0 saturated carbocycles. The van der Waals surface area contributed by atoms with Crippen LogP contribution in [0.2, 0.25) is 0 Å². The van der Waals surface area contributed by atoms with Gasteiger partial charge in [0, 0.05) is 18.4 Å². The van der Waals surface area contributed by atoms with Gasteiger partial charge >= 0.3 is 5.97 Å². The Balaban J connectivity index is 1.66. The summed E-state index contributed by atoms with van der Waals surface area (Å²) in [7, 11) is 1.32. The molecule has 28 heavy (non-hydrogen) atoms. The van der Waals surface area contributed by atoms with Gasteiger partial charge in [0.05, 0.1) is 12.8 Å². The maximum absolute atomic E-state index is 13.7. The molecule has 0 fully saturated rings. The maximum atomic E-state index is 13.7. The van der Waals surface area contributed by atoms with E-state index in [-0.39, 0.29) is 35.8 Å². The normalized spacial score (nSPS) is 13.7. The molecule has 1 aliphatic rings. The Hall–Kier alpha value is -3.55. The summed E-state index contributed by atoms with van der Waals surface area (Å²) in [5.41, 5.74) is 0.622. The number of carbonyl (C=O) groups excluding carboxylic acids is 3. The van der Waals surface area contributed by atoms with Crippen molar-refractivity contribution in [2.45, 2.75) is 12.8 Å². The van der Waals surface area contributed by atoms with E-state index in [0.717, 1.165) is 11.1 Å². The van der Waals surface area contributed by atoms with Gasteiger partial charge in [0.15, 0.2) is 24.0 Å². The SMILES string of the molecule is COc1ccc(C(=O)COC(=O)C2=NN(c3ccccc3)C(=O)CC2)cc1F. The lowest BCUT2D eigenvalue weighted by Crippen LogP contribution is -2.35. The molecule has 0 aliphatic carbocycles. The van der Waals surface area contributed by atoms with Crippen molar-refractivity contribution in [3.8, 4) is 5.75 Å². The van der Waals surface area contributed by atoms with Gasteiger partial charge in [-0.25, -0.2) is 14.2 Å². The van der Waals surface area contributed by atoms with Gasteiger partial charge in [-0.1, -0.05) is 18.2 Å². The molecule has 1 aliphatic heterocycles. The van der Waals surface area contributed by atoms with E-state index in [9.17, 15) is 18.8 Å². The molecule has 0 atom stereocenters. The van der Waals surface area contributed by atoms with Crippen molar-refractivity contribution < 1.29 is 28.2 Å². The second kappa shape index (κ2) is 8.43. The molecule has 144 valence electrons. The average Bonchev–Trinajstić information content (AvgIpc) is 2.72. The van der Waals surface area contributed by atoms with Gasteiger partial charge < -0.3 is 9.47 Å². The van der Waals surface area contributed by atoms with Crippen LogP contribution >= 0.6 is 0 Å². The number of methoxy groups -OCH3 is 1. The minimum atomic E-state index is -0.796. The highest BCUT2D eigenvalue weighted by atomic mass is 19.1. The molecule has 2 aromatic rings. The smallest absolute Gasteiger partial charge is 0.354 e. The van der Waals surface area contributed by atoms with Crippen LogP contribution in [0.3, 0.4) is 0 Å². The van der Waals surface area contributed by atoms with Crippen molar-refractivity contribution in [3.63, 3.8) is 0 Å². The number of Topliss-reactive ketones (excluding diaryl/α,β-unsaturated/α-hetero) is 1. The predicted octanol–water partition coefficient (Wildman–Crippen LogP) is 2.74. The zero-order chi connectivity index (χ0) is 20.1. The quantitative estimate of drug-likeness (QED) is 0.565. The largest absolute Gasteiger partial charge is 0.494 e. The summed E-state index contributed by atoms with van der Waals surface area (Å²) < 4.78 is 23.5. The van der Waals surface area contributed by atoms with E-state index in [4.69, 9.17) is 9.47 Å². The van der Waals surface area contributed by atoms with Gasteiger partial charge in [-0.3, -0.25) is 9.59 Å². The molecular weight excluding hydrogens is 367 g/mol. The number of amides is 1. The first-order chi connectivity index (χ1) is 13.5. The van der Waals surface area contributed by atoms with Crippen molar-refractivity contribution in [2.24, 2.45) is 5.10 Å². The topological polar surface area (TPSA) is 85.3 Å². The fourth-order valence-corrected chi connectivity index (χ4v) is 2.61. The zero-order valence-corrected chi connectivity index (χ0v) is 15.1. The predicted molar refractivity (Wildman–Crippen MR) is 98.8 cm³/mol. The van der Waals surface area contributed by atoms with E-state index in [0.29, 0.717) is 5.69 Å². The third-order valence-electron chi connectivity index (χ3n) is 4.08. The number of ketones is 1. The number of hydrazone groups is 1. The van der Waals surface area contributed by atoms with Crippen LogP contribution in [0.5, 0.6) is 5.75 Å². The van der Waals surface area contributed by atoms with Crippen molar-refractivity contribution in [1.82, 2.24) is 0 Å². The number of anilines is 1. The fourth-order valence-electron chi connectivity index (χ4n) is 2.61. The number of hydrogen-bond donors (Lipinski definition) is 0. The highest BCUT2D eigenvalue weighted by molar-refractivity contribution is 6.38. The van der Waals surface area contributed by atoms with Gasteiger partial charge in [0.25, 0.3) is 0 Å². The number of benzene rings is 2. The van der Waals surface area contributed by atoms with Crippen LogP contribution in [0.25, 0.3) is 0 Å². The molecule has 7 nitrogen and oxygen atoms in total. The minimum Gasteiger partial charge on any atom is -0.494 e. The lowest BCUT2D eigenvalue weighted by Gasteiger charge is -2.22. The number of rotatable bonds is 6. The number of para-hydroxylation sites is 1. The summed E-state index contributed by atoms with van der Waals surface area (Å²) in [6.45, 7) is -0.567. The van der Waals surface area contributed by atoms with Crippen molar-refractivity contribution >= 4 is 29.1 Å². The van der Waals surface area contributed by atoms with E-state index in [1.807, 2.05) is 0 Å². The lowest BCUT2D eigenvalue weighted by molar-refractivity contribution is -0.134. The fraction of sp³-hybridized carbons (Fsp3) is 0.200. The third-order valence-corrected chi connectivity index (χ3v) is 4.08. The molecule has 2 aromatic carbocycles. The molecule has 0 aromatic heterocycles. The third kappa shape index (κ3) is 4.22. The molecule has 8 heteroatoms. The first-order valence-corrected chi connectivity index (χ1v) is 8.49. The van der Waals surface area contributed by atoms with Crippen molar-refractivity contribution in [1.29, 1.82) is 0 Å². The molecule has 0 unspecified atom stereocenters. The Labute approximate surface area is 160 Å². The summed E-state index contributed by atoms with van der Waals surface area (Å²) in [6.07, 6.45) is 0.215. The minimum absolute atomic E-state index is 0.00998. The number of esters is 1. The molecule has 0 radical (unpaired) electrons. The lowest BCUT2D eigenvalue weighted by atomic mass is 10.1. The average molecular weight is 384 g/mol. The number of nitrogens with zero attached hydrogens (tertiary/aromatic N) is 2. The number of carbonyl (C=O) groups is 3. The zero-order valence-electron chi connectivity index (χ0n) is 15.1. The molecule has 1 heterocycles. The first-order valence-electron chi connectivity index (χ1n) is 8.49. The van der Waals surface area contributed by atoms with Crippen molar-refractivity contribution in [2.75, 3.05) is 18.7 Å². The van der Waals surface area contributed by atoms with Crippen LogP contribution in [0.1, 0.15) is 23.2 Å². The first kappa shape index (κ1) is 19.2. The van der Waals surface area contributed by atoms with Gasteiger partial charge in [-0.2, -0.15) is 5.10 Å². The van der Waals surface area contributed by atoms with E-state index < -0.39 is 24.2 Å². The molecule has 0 N–H and O–H groups in total. The van der Waals surface area contributed by atoms with Gasteiger partial charge in [-0.15, -0.1) is 0 Å². The maximum Gasteiger partial charge on any atom is 0.354 e. The van der Waals surface area contributed by atoms with Gasteiger partial charge in [0.1, 0.15) is 5.71 Å². The number of halogens is 1. The van der Waals surface area contributed by atoms with Crippen LogP contribution in [-0.2, 0) is 14.3 Å². The molecule has 0 saturated heterocycles. The molecule has 0 bridgehead atoms. The molecule has 0 spiro atoms.